The van der Waals surface area contributed by atoms with Crippen molar-refractivity contribution in [3.63, 3.8) is 0 Å². The summed E-state index contributed by atoms with van der Waals surface area (Å²) in [6.45, 7) is 7.50. The third-order valence-electron chi connectivity index (χ3n) is 3.82. The van der Waals surface area contributed by atoms with Crippen LogP contribution in [-0.2, 0) is 6.54 Å². The van der Waals surface area contributed by atoms with Crippen molar-refractivity contribution in [3.8, 4) is 0 Å². The van der Waals surface area contributed by atoms with E-state index in [-0.39, 0.29) is 0 Å². The van der Waals surface area contributed by atoms with Gasteiger partial charge in [0.1, 0.15) is 5.82 Å². The van der Waals surface area contributed by atoms with Crippen LogP contribution in [0.25, 0.3) is 0 Å². The Balaban J connectivity index is 1.99. The summed E-state index contributed by atoms with van der Waals surface area (Å²) in [6.07, 6.45) is 7.47. The maximum absolute atomic E-state index is 4.33. The number of nitrogens with zero attached hydrogens (tertiary/aromatic N) is 2. The first kappa shape index (κ1) is 13.3. The van der Waals surface area contributed by atoms with Crippen LogP contribution in [0.2, 0.25) is 0 Å². The minimum atomic E-state index is 0.797. The number of anilines is 1. The Morgan fingerprint density at radius 3 is 2.78 bits per heavy atom. The van der Waals surface area contributed by atoms with E-state index in [4.69, 9.17) is 0 Å². The van der Waals surface area contributed by atoms with Crippen molar-refractivity contribution in [2.45, 2.75) is 52.1 Å². The normalized spacial score (nSPS) is 16.4. The molecule has 0 bridgehead atoms. The van der Waals surface area contributed by atoms with Crippen molar-refractivity contribution in [1.82, 2.24) is 9.88 Å². The highest BCUT2D eigenvalue weighted by atomic mass is 15.1. The van der Waals surface area contributed by atoms with Gasteiger partial charge in [-0.3, -0.25) is 4.90 Å². The molecule has 0 atom stereocenters. The van der Waals surface area contributed by atoms with E-state index in [9.17, 15) is 0 Å². The van der Waals surface area contributed by atoms with Crippen molar-refractivity contribution in [1.29, 1.82) is 0 Å². The molecule has 1 fully saturated rings. The van der Waals surface area contributed by atoms with Gasteiger partial charge in [0, 0.05) is 25.3 Å². The molecule has 0 spiro atoms. The van der Waals surface area contributed by atoms with Gasteiger partial charge < -0.3 is 5.32 Å². The van der Waals surface area contributed by atoms with E-state index in [1.807, 2.05) is 6.20 Å². The molecular weight excluding hydrogens is 222 g/mol. The van der Waals surface area contributed by atoms with Gasteiger partial charge in [-0.05, 0) is 44.0 Å². The predicted octanol–water partition coefficient (Wildman–Crippen LogP) is 3.28. The lowest BCUT2D eigenvalue weighted by atomic mass is 10.1. The second-order valence-electron chi connectivity index (χ2n) is 5.08. The smallest absolute Gasteiger partial charge is 0.126 e. The standard InChI is InChI=1S/C15H25N3/c1-3-16-15-11-13(9-10-17-15)12-18(4-2)14-7-5-6-8-14/h9-11,14H,3-8,12H2,1-2H3,(H,16,17). The third kappa shape index (κ3) is 3.45. The molecule has 100 valence electrons. The molecule has 1 heterocycles. The van der Waals surface area contributed by atoms with E-state index >= 15 is 0 Å². The molecule has 1 aromatic rings. The van der Waals surface area contributed by atoms with Gasteiger partial charge >= 0.3 is 0 Å². The average molecular weight is 247 g/mol. The SMILES string of the molecule is CCNc1cc(CN(CC)C2CCCC2)ccn1. The number of nitrogens with one attached hydrogen (secondary N) is 1. The summed E-state index contributed by atoms with van der Waals surface area (Å²) in [6, 6.07) is 5.12. The van der Waals surface area contributed by atoms with Crippen LogP contribution in [0.5, 0.6) is 0 Å². The minimum Gasteiger partial charge on any atom is -0.370 e. The summed E-state index contributed by atoms with van der Waals surface area (Å²) < 4.78 is 0. The summed E-state index contributed by atoms with van der Waals surface area (Å²) in [5.74, 6) is 0.998. The fourth-order valence-electron chi connectivity index (χ4n) is 2.85. The van der Waals surface area contributed by atoms with Crippen LogP contribution < -0.4 is 5.32 Å². The van der Waals surface area contributed by atoms with Crippen molar-refractivity contribution in [2.75, 3.05) is 18.4 Å². The topological polar surface area (TPSA) is 28.2 Å². The molecule has 1 N–H and O–H groups in total. The molecule has 1 saturated carbocycles. The number of rotatable bonds is 6. The average Bonchev–Trinajstić information content (AvgIpc) is 2.90. The lowest BCUT2D eigenvalue weighted by Gasteiger charge is -2.27. The third-order valence-corrected chi connectivity index (χ3v) is 3.82. The molecule has 0 amide bonds. The predicted molar refractivity (Wildman–Crippen MR) is 76.7 cm³/mol. The zero-order valence-corrected chi connectivity index (χ0v) is 11.7. The Labute approximate surface area is 111 Å². The second-order valence-corrected chi connectivity index (χ2v) is 5.08. The van der Waals surface area contributed by atoms with Crippen LogP contribution in [0.4, 0.5) is 5.82 Å². The monoisotopic (exact) mass is 247 g/mol. The van der Waals surface area contributed by atoms with Crippen LogP contribution in [0, 0.1) is 0 Å². The second kappa shape index (κ2) is 6.74. The van der Waals surface area contributed by atoms with E-state index < -0.39 is 0 Å². The summed E-state index contributed by atoms with van der Waals surface area (Å²) in [5.41, 5.74) is 1.37. The van der Waals surface area contributed by atoms with Crippen LogP contribution >= 0.6 is 0 Å². The van der Waals surface area contributed by atoms with Crippen molar-refractivity contribution >= 4 is 5.82 Å². The van der Waals surface area contributed by atoms with Gasteiger partial charge in [0.15, 0.2) is 0 Å². The Morgan fingerprint density at radius 2 is 2.11 bits per heavy atom. The first-order valence-corrected chi connectivity index (χ1v) is 7.26. The molecule has 1 aliphatic carbocycles. The molecule has 1 aliphatic rings. The van der Waals surface area contributed by atoms with Gasteiger partial charge in [-0.2, -0.15) is 0 Å². The van der Waals surface area contributed by atoms with E-state index in [2.05, 4.69) is 41.2 Å². The molecular formula is C15H25N3. The highest BCUT2D eigenvalue weighted by Crippen LogP contribution is 2.24. The van der Waals surface area contributed by atoms with Crippen molar-refractivity contribution < 1.29 is 0 Å². The van der Waals surface area contributed by atoms with Crippen LogP contribution in [0.1, 0.15) is 45.1 Å². The molecule has 0 aliphatic heterocycles. The Morgan fingerprint density at radius 1 is 1.33 bits per heavy atom. The van der Waals surface area contributed by atoms with Crippen molar-refractivity contribution in [3.05, 3.63) is 23.9 Å². The van der Waals surface area contributed by atoms with Gasteiger partial charge in [0.25, 0.3) is 0 Å². The molecule has 2 rings (SSSR count). The summed E-state index contributed by atoms with van der Waals surface area (Å²) in [4.78, 5) is 6.94. The number of hydrogen-bond acceptors (Lipinski definition) is 3. The van der Waals surface area contributed by atoms with E-state index in [0.717, 1.165) is 31.5 Å². The molecule has 1 aromatic heterocycles. The number of aromatic nitrogens is 1. The molecule has 0 saturated heterocycles. The quantitative estimate of drug-likeness (QED) is 0.836. The fraction of sp³-hybridized carbons (Fsp3) is 0.667. The highest BCUT2D eigenvalue weighted by Gasteiger charge is 2.21. The first-order chi connectivity index (χ1) is 8.83. The van der Waals surface area contributed by atoms with Crippen LogP contribution in [0.3, 0.4) is 0 Å². The van der Waals surface area contributed by atoms with Crippen LogP contribution in [-0.4, -0.2) is 29.0 Å². The number of pyridine rings is 1. The van der Waals surface area contributed by atoms with Gasteiger partial charge in [0.2, 0.25) is 0 Å². The maximum atomic E-state index is 4.33. The zero-order valence-electron chi connectivity index (χ0n) is 11.7. The van der Waals surface area contributed by atoms with E-state index in [0.29, 0.717) is 0 Å². The Kier molecular flexibility index (Phi) is 5.00. The van der Waals surface area contributed by atoms with Crippen molar-refractivity contribution in [2.24, 2.45) is 0 Å². The lowest BCUT2D eigenvalue weighted by molar-refractivity contribution is 0.200. The van der Waals surface area contributed by atoms with Crippen LogP contribution in [0.15, 0.2) is 18.3 Å². The molecule has 3 heteroatoms. The van der Waals surface area contributed by atoms with E-state index in [1.54, 1.807) is 0 Å². The fourth-order valence-corrected chi connectivity index (χ4v) is 2.85. The summed E-state index contributed by atoms with van der Waals surface area (Å²) in [5, 5.41) is 3.28. The highest BCUT2D eigenvalue weighted by molar-refractivity contribution is 5.37. The largest absolute Gasteiger partial charge is 0.370 e. The summed E-state index contributed by atoms with van der Waals surface area (Å²) >= 11 is 0. The van der Waals surface area contributed by atoms with Gasteiger partial charge in [-0.25, -0.2) is 4.98 Å². The lowest BCUT2D eigenvalue weighted by Crippen LogP contribution is -2.32. The van der Waals surface area contributed by atoms with Gasteiger partial charge in [-0.15, -0.1) is 0 Å². The Bertz CT molecular complexity index is 359. The molecule has 0 unspecified atom stereocenters. The maximum Gasteiger partial charge on any atom is 0.126 e. The van der Waals surface area contributed by atoms with E-state index in [1.165, 1.54) is 31.2 Å². The molecule has 0 radical (unpaired) electrons. The minimum absolute atomic E-state index is 0.797. The van der Waals surface area contributed by atoms with Gasteiger partial charge in [0.05, 0.1) is 0 Å². The van der Waals surface area contributed by atoms with Gasteiger partial charge in [-0.1, -0.05) is 19.8 Å². The zero-order chi connectivity index (χ0) is 12.8. The summed E-state index contributed by atoms with van der Waals surface area (Å²) in [7, 11) is 0. The number of hydrogen-bond donors (Lipinski definition) is 1. The molecule has 18 heavy (non-hydrogen) atoms. The Hall–Kier alpha value is -1.09. The first-order valence-electron chi connectivity index (χ1n) is 7.26. The molecule has 3 nitrogen and oxygen atoms in total. The molecule has 0 aromatic carbocycles.